The van der Waals surface area contributed by atoms with Gasteiger partial charge in [-0.25, -0.2) is 0 Å². The van der Waals surface area contributed by atoms with Crippen molar-refractivity contribution in [3.05, 3.63) is 23.8 Å². The zero-order valence-corrected chi connectivity index (χ0v) is 8.48. The van der Waals surface area contributed by atoms with Gasteiger partial charge in [0, 0.05) is 21.1 Å². The van der Waals surface area contributed by atoms with Gasteiger partial charge < -0.3 is 0 Å². The molecular formula is C9H14Mo. The molecule has 1 rings (SSSR count). The first-order chi connectivity index (χ1) is 4.43. The van der Waals surface area contributed by atoms with E-state index in [4.69, 9.17) is 0 Å². The minimum atomic E-state index is 0. The second-order valence-corrected chi connectivity index (χ2v) is 2.56. The normalized spacial score (nSPS) is 14.7. The van der Waals surface area contributed by atoms with E-state index in [0.29, 0.717) is 0 Å². The van der Waals surface area contributed by atoms with Gasteiger partial charge in [0.15, 0.2) is 0 Å². The van der Waals surface area contributed by atoms with Crippen LogP contribution in [-0.2, 0) is 21.1 Å². The zero-order chi connectivity index (χ0) is 6.53. The molecule has 1 heteroatoms. The van der Waals surface area contributed by atoms with Gasteiger partial charge in [0.05, 0.1) is 0 Å². The van der Waals surface area contributed by atoms with Crippen LogP contribution >= 0.6 is 0 Å². The van der Waals surface area contributed by atoms with Crippen LogP contribution in [0.15, 0.2) is 23.8 Å². The van der Waals surface area contributed by atoms with Crippen LogP contribution in [0.4, 0.5) is 0 Å². The minimum absolute atomic E-state index is 0. The fourth-order valence-corrected chi connectivity index (χ4v) is 1.08. The summed E-state index contributed by atoms with van der Waals surface area (Å²) in [6, 6.07) is 0. The van der Waals surface area contributed by atoms with Gasteiger partial charge in [-0.2, -0.15) is 0 Å². The Morgan fingerprint density at radius 3 is 2.80 bits per heavy atom. The van der Waals surface area contributed by atoms with E-state index in [1.54, 1.807) is 5.57 Å². The van der Waals surface area contributed by atoms with Gasteiger partial charge in [-0.15, -0.1) is 0 Å². The van der Waals surface area contributed by atoms with Crippen molar-refractivity contribution in [2.45, 2.75) is 32.6 Å². The molecule has 0 unspecified atom stereocenters. The molecule has 0 nitrogen and oxygen atoms in total. The van der Waals surface area contributed by atoms with Gasteiger partial charge in [-0.05, 0) is 19.3 Å². The molecule has 0 radical (unpaired) electrons. The van der Waals surface area contributed by atoms with Gasteiger partial charge >= 0.3 is 0 Å². The molecule has 0 heterocycles. The van der Waals surface area contributed by atoms with Gasteiger partial charge in [-0.1, -0.05) is 37.1 Å². The van der Waals surface area contributed by atoms with Gasteiger partial charge in [0.25, 0.3) is 0 Å². The molecule has 0 saturated heterocycles. The maximum absolute atomic E-state index is 2.25. The summed E-state index contributed by atoms with van der Waals surface area (Å²) < 4.78 is 0. The van der Waals surface area contributed by atoms with E-state index in [-0.39, 0.29) is 21.1 Å². The molecule has 0 atom stereocenters. The molecule has 1 aliphatic carbocycles. The van der Waals surface area contributed by atoms with Crippen molar-refractivity contribution < 1.29 is 21.1 Å². The average Bonchev–Trinajstić information content (AvgIpc) is 2.34. The van der Waals surface area contributed by atoms with E-state index < -0.39 is 0 Å². The van der Waals surface area contributed by atoms with Gasteiger partial charge in [0.2, 0.25) is 0 Å². The summed E-state index contributed by atoms with van der Waals surface area (Å²) in [4.78, 5) is 0. The molecule has 0 saturated carbocycles. The largest absolute Gasteiger partial charge is 0.0805 e. The molecule has 0 spiro atoms. The quantitative estimate of drug-likeness (QED) is 0.638. The summed E-state index contributed by atoms with van der Waals surface area (Å²) in [7, 11) is 0. The topological polar surface area (TPSA) is 0 Å². The number of hydrogen-bond acceptors (Lipinski definition) is 0. The van der Waals surface area contributed by atoms with E-state index in [0.717, 1.165) is 0 Å². The van der Waals surface area contributed by atoms with Crippen LogP contribution in [0.25, 0.3) is 0 Å². The maximum Gasteiger partial charge on any atom is 0 e. The third-order valence-corrected chi connectivity index (χ3v) is 1.70. The smallest absolute Gasteiger partial charge is 0 e. The Kier molecular flexibility index (Phi) is 6.02. The molecule has 0 fully saturated rings. The second kappa shape index (κ2) is 5.92. The van der Waals surface area contributed by atoms with Crippen LogP contribution in [0.3, 0.4) is 0 Å². The molecule has 0 bridgehead atoms. The summed E-state index contributed by atoms with van der Waals surface area (Å²) >= 11 is 0. The SMILES string of the molecule is CCCCC1=CC=CC1.[Mo]. The van der Waals surface area contributed by atoms with E-state index in [1.807, 2.05) is 0 Å². The van der Waals surface area contributed by atoms with Crippen molar-refractivity contribution in [3.63, 3.8) is 0 Å². The number of unbranched alkanes of at least 4 members (excludes halogenated alkanes) is 1. The first-order valence-corrected chi connectivity index (χ1v) is 3.78. The third kappa shape index (κ3) is 3.37. The van der Waals surface area contributed by atoms with Crippen molar-refractivity contribution >= 4 is 0 Å². The van der Waals surface area contributed by atoms with E-state index in [1.165, 1.54) is 25.7 Å². The monoisotopic (exact) mass is 220 g/mol. The number of allylic oxidation sites excluding steroid dienone is 4. The van der Waals surface area contributed by atoms with Gasteiger partial charge in [0.1, 0.15) is 0 Å². The Morgan fingerprint density at radius 2 is 2.30 bits per heavy atom. The average molecular weight is 218 g/mol. The predicted molar refractivity (Wildman–Crippen MR) is 41.4 cm³/mol. The zero-order valence-electron chi connectivity index (χ0n) is 6.47. The molecule has 0 amide bonds. The molecular weight excluding hydrogens is 204 g/mol. The Hall–Kier alpha value is 0.168. The van der Waals surface area contributed by atoms with Crippen LogP contribution in [0.1, 0.15) is 32.6 Å². The Morgan fingerprint density at radius 1 is 1.50 bits per heavy atom. The summed E-state index contributed by atoms with van der Waals surface area (Å²) in [6.45, 7) is 2.24. The van der Waals surface area contributed by atoms with Crippen molar-refractivity contribution in [1.82, 2.24) is 0 Å². The van der Waals surface area contributed by atoms with Crippen LogP contribution in [0.2, 0.25) is 0 Å². The maximum atomic E-state index is 2.25. The third-order valence-electron chi connectivity index (χ3n) is 1.70. The molecule has 0 aromatic carbocycles. The van der Waals surface area contributed by atoms with E-state index in [9.17, 15) is 0 Å². The molecule has 0 aromatic heterocycles. The molecule has 0 N–H and O–H groups in total. The predicted octanol–water partition coefficient (Wildman–Crippen LogP) is 3.06. The van der Waals surface area contributed by atoms with Gasteiger partial charge in [-0.3, -0.25) is 0 Å². The molecule has 1 aliphatic rings. The molecule has 56 valence electrons. The standard InChI is InChI=1S/C9H14.Mo/c1-2-3-6-9-7-4-5-8-9;/h4-5,7H,2-3,6,8H2,1H3;. The summed E-state index contributed by atoms with van der Waals surface area (Å²) in [5.41, 5.74) is 1.61. The molecule has 10 heavy (non-hydrogen) atoms. The fourth-order valence-electron chi connectivity index (χ4n) is 1.08. The van der Waals surface area contributed by atoms with Crippen molar-refractivity contribution in [1.29, 1.82) is 0 Å². The number of rotatable bonds is 3. The Bertz CT molecular complexity index is 134. The van der Waals surface area contributed by atoms with Crippen molar-refractivity contribution in [3.8, 4) is 0 Å². The van der Waals surface area contributed by atoms with Crippen LogP contribution in [0.5, 0.6) is 0 Å². The minimum Gasteiger partial charge on any atom is -0.0805 e. The molecule has 0 aromatic rings. The van der Waals surface area contributed by atoms with Crippen LogP contribution in [-0.4, -0.2) is 0 Å². The summed E-state index contributed by atoms with van der Waals surface area (Å²) in [6.07, 6.45) is 11.8. The number of hydrogen-bond donors (Lipinski definition) is 0. The van der Waals surface area contributed by atoms with Crippen LogP contribution < -0.4 is 0 Å². The van der Waals surface area contributed by atoms with E-state index >= 15 is 0 Å². The van der Waals surface area contributed by atoms with Crippen molar-refractivity contribution in [2.24, 2.45) is 0 Å². The van der Waals surface area contributed by atoms with E-state index in [2.05, 4.69) is 25.2 Å². The first-order valence-electron chi connectivity index (χ1n) is 3.78. The summed E-state index contributed by atoms with van der Waals surface area (Å²) in [5, 5.41) is 0. The fraction of sp³-hybridized carbons (Fsp3) is 0.556. The second-order valence-electron chi connectivity index (χ2n) is 2.56. The molecule has 0 aliphatic heterocycles. The first kappa shape index (κ1) is 10.2. The van der Waals surface area contributed by atoms with Crippen molar-refractivity contribution in [2.75, 3.05) is 0 Å². The Labute approximate surface area is 77.7 Å². The summed E-state index contributed by atoms with van der Waals surface area (Å²) in [5.74, 6) is 0. The van der Waals surface area contributed by atoms with Crippen LogP contribution in [0, 0.1) is 0 Å². The Balaban J connectivity index is 0.000000810.